The Balaban J connectivity index is 1.76. The van der Waals surface area contributed by atoms with Gasteiger partial charge in [0.05, 0.1) is 0 Å². The van der Waals surface area contributed by atoms with Crippen LogP contribution in [0.25, 0.3) is 0 Å². The van der Waals surface area contributed by atoms with Gasteiger partial charge in [-0.15, -0.1) is 0 Å². The van der Waals surface area contributed by atoms with E-state index in [0.29, 0.717) is 0 Å². The summed E-state index contributed by atoms with van der Waals surface area (Å²) in [5.41, 5.74) is 1.41. The standard InChI is InChI=1S/C15H24ClN3/c1-15(2)12-19(11-10-18(15)3)9-8-17-14-6-4-13(16)5-7-14/h4-7,17H,8-12H2,1-3H3. The summed E-state index contributed by atoms with van der Waals surface area (Å²) < 4.78 is 0. The Labute approximate surface area is 121 Å². The molecule has 1 saturated heterocycles. The topological polar surface area (TPSA) is 18.5 Å². The van der Waals surface area contributed by atoms with Gasteiger partial charge in [0.1, 0.15) is 0 Å². The quantitative estimate of drug-likeness (QED) is 0.916. The number of hydrogen-bond donors (Lipinski definition) is 1. The van der Waals surface area contributed by atoms with Gasteiger partial charge in [-0.3, -0.25) is 9.80 Å². The van der Waals surface area contributed by atoms with Gasteiger partial charge in [0.15, 0.2) is 0 Å². The van der Waals surface area contributed by atoms with Gasteiger partial charge in [0.25, 0.3) is 0 Å². The van der Waals surface area contributed by atoms with Crippen LogP contribution in [0.2, 0.25) is 5.02 Å². The van der Waals surface area contributed by atoms with Crippen LogP contribution in [-0.2, 0) is 0 Å². The molecule has 1 fully saturated rings. The highest BCUT2D eigenvalue weighted by molar-refractivity contribution is 6.30. The molecule has 3 nitrogen and oxygen atoms in total. The summed E-state index contributed by atoms with van der Waals surface area (Å²) in [6.45, 7) is 10.1. The highest BCUT2D eigenvalue weighted by Crippen LogP contribution is 2.18. The fourth-order valence-electron chi connectivity index (χ4n) is 2.46. The van der Waals surface area contributed by atoms with Crippen molar-refractivity contribution in [1.29, 1.82) is 0 Å². The number of anilines is 1. The molecular formula is C15H24ClN3. The minimum Gasteiger partial charge on any atom is -0.384 e. The van der Waals surface area contributed by atoms with Gasteiger partial charge in [0.2, 0.25) is 0 Å². The second kappa shape index (κ2) is 6.12. The first-order valence-electron chi connectivity index (χ1n) is 6.90. The van der Waals surface area contributed by atoms with Crippen molar-refractivity contribution in [1.82, 2.24) is 9.80 Å². The molecule has 0 unspecified atom stereocenters. The van der Waals surface area contributed by atoms with Crippen LogP contribution < -0.4 is 5.32 Å². The Bertz CT molecular complexity index is 402. The number of rotatable bonds is 4. The number of nitrogens with zero attached hydrogens (tertiary/aromatic N) is 2. The van der Waals surface area contributed by atoms with Crippen molar-refractivity contribution in [3.8, 4) is 0 Å². The van der Waals surface area contributed by atoms with Crippen molar-refractivity contribution in [2.24, 2.45) is 0 Å². The molecule has 1 aromatic rings. The Morgan fingerprint density at radius 3 is 2.53 bits per heavy atom. The third-order valence-electron chi connectivity index (χ3n) is 4.00. The van der Waals surface area contributed by atoms with Crippen LogP contribution in [0, 0.1) is 0 Å². The van der Waals surface area contributed by atoms with Crippen LogP contribution in [-0.4, -0.2) is 55.1 Å². The van der Waals surface area contributed by atoms with Crippen LogP contribution >= 0.6 is 11.6 Å². The molecule has 0 aromatic heterocycles. The first-order chi connectivity index (χ1) is 8.97. The van der Waals surface area contributed by atoms with Crippen molar-refractivity contribution in [2.75, 3.05) is 45.1 Å². The van der Waals surface area contributed by atoms with Gasteiger partial charge in [-0.05, 0) is 45.2 Å². The maximum atomic E-state index is 5.87. The summed E-state index contributed by atoms with van der Waals surface area (Å²) in [5, 5.41) is 4.23. The molecule has 0 radical (unpaired) electrons. The fraction of sp³-hybridized carbons (Fsp3) is 0.600. The highest BCUT2D eigenvalue weighted by Gasteiger charge is 2.30. The van der Waals surface area contributed by atoms with E-state index in [1.165, 1.54) is 0 Å². The largest absolute Gasteiger partial charge is 0.384 e. The zero-order valence-electron chi connectivity index (χ0n) is 12.1. The third-order valence-corrected chi connectivity index (χ3v) is 4.25. The van der Waals surface area contributed by atoms with Crippen LogP contribution in [0.5, 0.6) is 0 Å². The van der Waals surface area contributed by atoms with E-state index < -0.39 is 0 Å². The summed E-state index contributed by atoms with van der Waals surface area (Å²) in [4.78, 5) is 4.97. The van der Waals surface area contributed by atoms with Crippen molar-refractivity contribution >= 4 is 17.3 Å². The lowest BCUT2D eigenvalue weighted by Gasteiger charge is -2.45. The number of nitrogens with one attached hydrogen (secondary N) is 1. The monoisotopic (exact) mass is 281 g/mol. The molecule has 0 aliphatic carbocycles. The number of benzene rings is 1. The number of hydrogen-bond acceptors (Lipinski definition) is 3. The minimum absolute atomic E-state index is 0.276. The van der Waals surface area contributed by atoms with Gasteiger partial charge in [-0.1, -0.05) is 11.6 Å². The summed E-state index contributed by atoms with van der Waals surface area (Å²) >= 11 is 5.87. The molecule has 19 heavy (non-hydrogen) atoms. The van der Waals surface area contributed by atoms with Crippen LogP contribution in [0.15, 0.2) is 24.3 Å². The zero-order valence-corrected chi connectivity index (χ0v) is 12.9. The average molecular weight is 282 g/mol. The zero-order chi connectivity index (χ0) is 13.9. The molecule has 106 valence electrons. The molecule has 0 amide bonds. The molecule has 0 bridgehead atoms. The van der Waals surface area contributed by atoms with E-state index in [9.17, 15) is 0 Å². The summed E-state index contributed by atoms with van der Waals surface area (Å²) in [6.07, 6.45) is 0. The van der Waals surface area contributed by atoms with Crippen molar-refractivity contribution in [3.05, 3.63) is 29.3 Å². The summed E-state index contributed by atoms with van der Waals surface area (Å²) in [5.74, 6) is 0. The Morgan fingerprint density at radius 2 is 1.89 bits per heavy atom. The Morgan fingerprint density at radius 1 is 1.21 bits per heavy atom. The average Bonchev–Trinajstić information content (AvgIpc) is 2.36. The highest BCUT2D eigenvalue weighted by atomic mass is 35.5. The van der Waals surface area contributed by atoms with E-state index >= 15 is 0 Å². The number of halogens is 1. The van der Waals surface area contributed by atoms with Crippen LogP contribution in [0.3, 0.4) is 0 Å². The van der Waals surface area contributed by atoms with E-state index in [-0.39, 0.29) is 5.54 Å². The molecule has 4 heteroatoms. The first kappa shape index (κ1) is 14.6. The van der Waals surface area contributed by atoms with Gasteiger partial charge in [-0.2, -0.15) is 0 Å². The smallest absolute Gasteiger partial charge is 0.0407 e. The molecule has 1 aliphatic heterocycles. The number of piperazine rings is 1. The second-order valence-electron chi connectivity index (χ2n) is 5.94. The van der Waals surface area contributed by atoms with E-state index in [4.69, 9.17) is 11.6 Å². The van der Waals surface area contributed by atoms with Gasteiger partial charge < -0.3 is 5.32 Å². The molecule has 0 spiro atoms. The van der Waals surface area contributed by atoms with E-state index in [1.807, 2.05) is 24.3 Å². The first-order valence-corrected chi connectivity index (χ1v) is 7.28. The fourth-order valence-corrected chi connectivity index (χ4v) is 2.58. The SMILES string of the molecule is CN1CCN(CCNc2ccc(Cl)cc2)CC1(C)C. The van der Waals surface area contributed by atoms with Crippen molar-refractivity contribution in [3.63, 3.8) is 0 Å². The van der Waals surface area contributed by atoms with Gasteiger partial charge in [0, 0.05) is 49.0 Å². The Hall–Kier alpha value is -0.770. The second-order valence-corrected chi connectivity index (χ2v) is 6.38. The lowest BCUT2D eigenvalue weighted by molar-refractivity contribution is 0.0423. The maximum absolute atomic E-state index is 5.87. The van der Waals surface area contributed by atoms with Crippen molar-refractivity contribution in [2.45, 2.75) is 19.4 Å². The molecule has 2 rings (SSSR count). The predicted molar refractivity (Wildman–Crippen MR) is 83.1 cm³/mol. The van der Waals surface area contributed by atoms with E-state index in [2.05, 4.69) is 36.0 Å². The molecule has 0 atom stereocenters. The van der Waals surface area contributed by atoms with Crippen molar-refractivity contribution < 1.29 is 0 Å². The molecule has 1 N–H and O–H groups in total. The lowest BCUT2D eigenvalue weighted by atomic mass is 10.00. The molecule has 1 aliphatic rings. The summed E-state index contributed by atoms with van der Waals surface area (Å²) in [7, 11) is 2.21. The van der Waals surface area contributed by atoms with Crippen LogP contribution in [0.4, 0.5) is 5.69 Å². The molecular weight excluding hydrogens is 258 g/mol. The van der Waals surface area contributed by atoms with E-state index in [0.717, 1.165) is 43.4 Å². The maximum Gasteiger partial charge on any atom is 0.0407 e. The minimum atomic E-state index is 0.276. The lowest BCUT2D eigenvalue weighted by Crippen LogP contribution is -2.58. The Kier molecular flexibility index (Phi) is 4.71. The predicted octanol–water partition coefficient (Wildman–Crippen LogP) is 2.78. The van der Waals surface area contributed by atoms with Gasteiger partial charge >= 0.3 is 0 Å². The van der Waals surface area contributed by atoms with Crippen LogP contribution in [0.1, 0.15) is 13.8 Å². The molecule has 1 heterocycles. The summed E-state index contributed by atoms with van der Waals surface area (Å²) in [6, 6.07) is 7.89. The molecule has 1 aromatic carbocycles. The van der Waals surface area contributed by atoms with E-state index in [1.54, 1.807) is 0 Å². The normalized spacial score (nSPS) is 20.4. The van der Waals surface area contributed by atoms with Gasteiger partial charge in [-0.25, -0.2) is 0 Å². The molecule has 0 saturated carbocycles. The third kappa shape index (κ3) is 4.10. The number of likely N-dealkylation sites (N-methyl/N-ethyl adjacent to an activating group) is 1.